The van der Waals surface area contributed by atoms with Gasteiger partial charge in [-0.1, -0.05) is 12.2 Å². The Kier molecular flexibility index (Phi) is 3.40. The fourth-order valence-corrected chi connectivity index (χ4v) is 1.79. The van der Waals surface area contributed by atoms with Gasteiger partial charge in [-0.2, -0.15) is 0 Å². The Morgan fingerprint density at radius 2 is 2.12 bits per heavy atom. The molecule has 0 aromatic rings. The van der Waals surface area contributed by atoms with Crippen LogP contribution in [0.3, 0.4) is 0 Å². The maximum atomic E-state index is 9.99. The van der Waals surface area contributed by atoms with Gasteiger partial charge in [-0.05, 0) is 12.2 Å². The van der Waals surface area contributed by atoms with E-state index < -0.39 is 24.6 Å². The lowest BCUT2D eigenvalue weighted by molar-refractivity contribution is -0.123. The van der Waals surface area contributed by atoms with Crippen LogP contribution in [0.4, 0.5) is 0 Å². The Bertz CT molecular complexity index is 337. The molecule has 2 aliphatic heterocycles. The van der Waals surface area contributed by atoms with Crippen LogP contribution in [0, 0.1) is 0 Å². The van der Waals surface area contributed by atoms with E-state index in [4.69, 9.17) is 4.74 Å². The van der Waals surface area contributed by atoms with Gasteiger partial charge in [0.15, 0.2) is 6.29 Å². The summed E-state index contributed by atoms with van der Waals surface area (Å²) in [5.74, 6) is 0. The van der Waals surface area contributed by atoms with Gasteiger partial charge >= 0.3 is 0 Å². The van der Waals surface area contributed by atoms with Crippen LogP contribution in [0.5, 0.6) is 0 Å². The molecule has 0 spiro atoms. The number of aliphatic hydroxyl groups excluding tert-OH is 3. The number of nitrogens with one attached hydrogen (secondary N) is 1. The Labute approximate surface area is 93.4 Å². The summed E-state index contributed by atoms with van der Waals surface area (Å²) in [5, 5.41) is 31.7. The van der Waals surface area contributed by atoms with Gasteiger partial charge in [0.25, 0.3) is 0 Å². The van der Waals surface area contributed by atoms with Gasteiger partial charge in [-0.3, -0.25) is 0 Å². The van der Waals surface area contributed by atoms with Crippen LogP contribution in [0.2, 0.25) is 0 Å². The average molecular weight is 225 g/mol. The van der Waals surface area contributed by atoms with Gasteiger partial charge in [0, 0.05) is 18.3 Å². The van der Waals surface area contributed by atoms with Gasteiger partial charge in [0.1, 0.15) is 12.2 Å². The van der Waals surface area contributed by atoms with Gasteiger partial charge in [0.2, 0.25) is 0 Å². The van der Waals surface area contributed by atoms with Crippen molar-refractivity contribution in [1.29, 1.82) is 0 Å². The van der Waals surface area contributed by atoms with Crippen molar-refractivity contribution in [2.24, 2.45) is 0 Å². The summed E-state index contributed by atoms with van der Waals surface area (Å²) in [5.41, 5.74) is 0.531. The number of rotatable bonds is 2. The topological polar surface area (TPSA) is 82.0 Å². The molecule has 2 aliphatic rings. The van der Waals surface area contributed by atoms with Gasteiger partial charge in [-0.15, -0.1) is 0 Å². The van der Waals surface area contributed by atoms with Crippen LogP contribution in [-0.4, -0.2) is 39.9 Å². The van der Waals surface area contributed by atoms with Crippen molar-refractivity contribution in [1.82, 2.24) is 5.32 Å². The highest BCUT2D eigenvalue weighted by Crippen LogP contribution is 2.24. The van der Waals surface area contributed by atoms with E-state index in [0.717, 1.165) is 0 Å². The summed E-state index contributed by atoms with van der Waals surface area (Å²) in [6.45, 7) is 0. The van der Waals surface area contributed by atoms with Crippen molar-refractivity contribution in [2.75, 3.05) is 0 Å². The Hall–Kier alpha value is -1.14. The number of aliphatic hydroxyl groups is 3. The molecule has 4 N–H and O–H groups in total. The summed E-state index contributed by atoms with van der Waals surface area (Å²) in [6, 6.07) is 0. The van der Waals surface area contributed by atoms with Crippen molar-refractivity contribution in [2.45, 2.75) is 31.0 Å². The summed E-state index contributed by atoms with van der Waals surface area (Å²) in [6.07, 6.45) is 5.23. The Balaban J connectivity index is 2.07. The highest BCUT2D eigenvalue weighted by Gasteiger charge is 2.39. The molecular formula is C11H15NO4. The minimum absolute atomic E-state index is 0.126. The van der Waals surface area contributed by atoms with Crippen LogP contribution in [0.25, 0.3) is 0 Å². The third-order valence-corrected chi connectivity index (χ3v) is 2.61. The molecule has 0 aromatic heterocycles. The minimum atomic E-state index is -1.01. The molecule has 1 fully saturated rings. The molecule has 0 aromatic carbocycles. The zero-order valence-corrected chi connectivity index (χ0v) is 8.65. The van der Waals surface area contributed by atoms with Crippen LogP contribution < -0.4 is 5.32 Å². The molecule has 1 unspecified atom stereocenters. The lowest BCUT2D eigenvalue weighted by Gasteiger charge is -2.22. The van der Waals surface area contributed by atoms with E-state index in [0.29, 0.717) is 5.70 Å². The second-order valence-electron chi connectivity index (χ2n) is 3.81. The quantitative estimate of drug-likeness (QED) is 0.503. The standard InChI is InChI=1S/C11H15NO4/c13-8-6-9(14)16-11(8)10(15)7-4-2-1-3-5-12-7/h1-5,8-15H,6H2/t8-,9-,10?,11-/m0/s1. The molecule has 88 valence electrons. The molecule has 0 radical (unpaired) electrons. The van der Waals surface area contributed by atoms with E-state index >= 15 is 0 Å². The maximum absolute atomic E-state index is 9.99. The maximum Gasteiger partial charge on any atom is 0.157 e. The molecule has 16 heavy (non-hydrogen) atoms. The first-order valence-electron chi connectivity index (χ1n) is 5.18. The smallest absolute Gasteiger partial charge is 0.157 e. The second-order valence-corrected chi connectivity index (χ2v) is 3.81. The molecule has 0 amide bonds. The van der Waals surface area contributed by atoms with Crippen molar-refractivity contribution in [3.8, 4) is 0 Å². The Morgan fingerprint density at radius 1 is 1.31 bits per heavy atom. The number of hydrogen-bond donors (Lipinski definition) is 4. The number of ether oxygens (including phenoxy) is 1. The zero-order valence-electron chi connectivity index (χ0n) is 8.65. The molecule has 1 saturated heterocycles. The first kappa shape index (κ1) is 11.3. The van der Waals surface area contributed by atoms with Crippen LogP contribution in [-0.2, 0) is 4.74 Å². The predicted octanol–water partition coefficient (Wildman–Crippen LogP) is -0.628. The van der Waals surface area contributed by atoms with Crippen molar-refractivity contribution < 1.29 is 20.1 Å². The molecule has 5 heteroatoms. The molecule has 2 heterocycles. The number of allylic oxidation sites excluding steroid dienone is 4. The molecule has 0 bridgehead atoms. The highest BCUT2D eigenvalue weighted by atomic mass is 16.6. The molecule has 2 rings (SSSR count). The van der Waals surface area contributed by atoms with E-state index in [9.17, 15) is 15.3 Å². The largest absolute Gasteiger partial charge is 0.390 e. The lowest BCUT2D eigenvalue weighted by atomic mass is 10.0. The molecule has 0 saturated carbocycles. The molecular weight excluding hydrogens is 210 g/mol. The Morgan fingerprint density at radius 3 is 2.81 bits per heavy atom. The molecule has 4 atom stereocenters. The van der Waals surface area contributed by atoms with Crippen LogP contribution >= 0.6 is 0 Å². The third kappa shape index (κ3) is 2.33. The minimum Gasteiger partial charge on any atom is -0.390 e. The van der Waals surface area contributed by atoms with E-state index in [1.165, 1.54) is 0 Å². The van der Waals surface area contributed by atoms with Crippen LogP contribution in [0.1, 0.15) is 6.42 Å². The fourth-order valence-electron chi connectivity index (χ4n) is 1.79. The summed E-state index contributed by atoms with van der Waals surface area (Å²) in [7, 11) is 0. The lowest BCUT2D eigenvalue weighted by Crippen LogP contribution is -2.38. The van der Waals surface area contributed by atoms with E-state index in [-0.39, 0.29) is 6.42 Å². The average Bonchev–Trinajstić information content (AvgIpc) is 2.49. The summed E-state index contributed by atoms with van der Waals surface area (Å²) in [4.78, 5) is 0. The first-order valence-corrected chi connectivity index (χ1v) is 5.18. The predicted molar refractivity (Wildman–Crippen MR) is 57.0 cm³/mol. The third-order valence-electron chi connectivity index (χ3n) is 2.61. The van der Waals surface area contributed by atoms with Crippen LogP contribution in [0.15, 0.2) is 36.2 Å². The molecule has 0 aliphatic carbocycles. The van der Waals surface area contributed by atoms with Crippen molar-refractivity contribution in [3.63, 3.8) is 0 Å². The van der Waals surface area contributed by atoms with E-state index in [2.05, 4.69) is 5.32 Å². The normalized spacial score (nSPS) is 35.4. The fraction of sp³-hybridized carbons (Fsp3) is 0.455. The summed E-state index contributed by atoms with van der Waals surface area (Å²) >= 11 is 0. The SMILES string of the molecule is OC(C1=CC=CC=CN1)[C@H]1O[C@H](O)C[C@@H]1O. The van der Waals surface area contributed by atoms with E-state index in [1.807, 2.05) is 6.08 Å². The molecule has 5 nitrogen and oxygen atoms in total. The van der Waals surface area contributed by atoms with E-state index in [1.54, 1.807) is 24.4 Å². The van der Waals surface area contributed by atoms with Gasteiger partial charge in [-0.25, -0.2) is 0 Å². The van der Waals surface area contributed by atoms with Crippen molar-refractivity contribution >= 4 is 0 Å². The number of hydrogen-bond acceptors (Lipinski definition) is 5. The van der Waals surface area contributed by atoms with Gasteiger partial charge in [0.05, 0.1) is 6.10 Å². The monoisotopic (exact) mass is 225 g/mol. The van der Waals surface area contributed by atoms with Crippen molar-refractivity contribution in [3.05, 3.63) is 36.2 Å². The first-order chi connectivity index (χ1) is 7.68. The zero-order chi connectivity index (χ0) is 11.5. The second kappa shape index (κ2) is 4.80. The van der Waals surface area contributed by atoms with Gasteiger partial charge < -0.3 is 25.4 Å². The summed E-state index contributed by atoms with van der Waals surface area (Å²) < 4.78 is 5.06. The highest BCUT2D eigenvalue weighted by molar-refractivity contribution is 5.24.